The van der Waals surface area contributed by atoms with E-state index in [-0.39, 0.29) is 54.1 Å². The van der Waals surface area contributed by atoms with Gasteiger partial charge in [-0.15, -0.1) is 22.1 Å². The number of thiol groups is 1. The van der Waals surface area contributed by atoms with E-state index in [4.69, 9.17) is 32.8 Å². The molecule has 66 heavy (non-hydrogen) atoms. The molecular weight excluding hydrogens is 885 g/mol. The van der Waals surface area contributed by atoms with E-state index in [2.05, 4.69) is 188 Å². The average Bonchev–Trinajstić information content (AvgIpc) is 3.78. The molecule has 7 N–H and O–H groups in total. The first-order valence-corrected chi connectivity index (χ1v) is 18.8. The van der Waals surface area contributed by atoms with Crippen molar-refractivity contribution in [3.63, 3.8) is 0 Å². The lowest BCUT2D eigenvalue weighted by atomic mass is 10.1. The molecule has 0 atom stereocenters. The van der Waals surface area contributed by atoms with Gasteiger partial charge in [0.1, 0.15) is 18.2 Å². The minimum atomic E-state index is -0.336. The quantitative estimate of drug-likeness (QED) is 0.0198. The lowest BCUT2D eigenvalue weighted by molar-refractivity contribution is -0.572. The van der Waals surface area contributed by atoms with E-state index >= 15 is 0 Å². The number of thiophene rings is 1. The molecule has 0 aliphatic rings. The number of aromatic nitrogens is 2. The number of hydrogen-bond donors (Lipinski definition) is 7. The smallest absolute Gasteiger partial charge is 0.257 e. The highest BCUT2D eigenvalue weighted by atomic mass is 32.1. The number of aliphatic hydroxyl groups is 1. The largest absolute Gasteiger partial charge is 0.487 e. The van der Waals surface area contributed by atoms with Gasteiger partial charge in [0, 0.05) is 88.8 Å². The van der Waals surface area contributed by atoms with Crippen molar-refractivity contribution in [3.8, 4) is 137 Å². The van der Waals surface area contributed by atoms with Gasteiger partial charge in [-0.25, -0.2) is 10.2 Å². The summed E-state index contributed by atoms with van der Waals surface area (Å²) < 4.78 is 10.2. The number of nitrogen functional groups attached to an aromatic ring is 1. The number of nitrogens with zero attached hydrogens (tertiary/aromatic N) is 6. The minimum Gasteiger partial charge on any atom is -0.487 e. The summed E-state index contributed by atoms with van der Waals surface area (Å²) in [6, 6.07) is 10.7. The monoisotopic (exact) mass is 928 g/mol. The molecule has 3 heterocycles. The van der Waals surface area contributed by atoms with Crippen molar-refractivity contribution < 1.29 is 50.4 Å². The fourth-order valence-corrected chi connectivity index (χ4v) is 5.06. The molecule has 0 saturated heterocycles. The van der Waals surface area contributed by atoms with E-state index < -0.39 is 0 Å². The number of anilines is 2. The standard InChI is InChI=1S/C23H21N5O4S.C23H4.H3N5O4S.8H2/c24-21-19-15(13-33-20(19)18(11-27-21)23(31)26-6-7-29)12-32-17-8-14(9-25-10-17)22(30)28-16-4-2-1-3-5-16;1-3-5-7-9-11-13-15-17-19-21-23-22-20-18-16-14-12-10-8-6-4-2;1-2-3-4-5(7-6)8-9-10;;;;;;;;/h1-5,8-11,13,29H,6-7,12H2,(H2,24,27)(H,26,31)(H,28,30);1H,2H3;1,6,10H;8*1H/b;;2-1?,4-3+;;;;;;;;. The van der Waals surface area contributed by atoms with Gasteiger partial charge in [-0.05, 0) is 141 Å². The predicted molar refractivity (Wildman–Crippen MR) is 262 cm³/mol. The summed E-state index contributed by atoms with van der Waals surface area (Å²) in [5, 5.41) is 32.6. The maximum absolute atomic E-state index is 12.5. The molecule has 2 amide bonds. The van der Waals surface area contributed by atoms with Gasteiger partial charge in [-0.2, -0.15) is 5.53 Å². The highest BCUT2D eigenvalue weighted by molar-refractivity contribution is 7.74. The molecule has 0 aliphatic heterocycles. The molecular formula is C46H44N10O8S2. The number of para-hydroxylation sites is 1. The Balaban J connectivity index is -0.000000194. The van der Waals surface area contributed by atoms with Crippen LogP contribution in [0.25, 0.3) is 10.1 Å². The fourth-order valence-electron chi connectivity index (χ4n) is 3.93. The van der Waals surface area contributed by atoms with Gasteiger partial charge in [0.25, 0.3) is 11.8 Å². The number of ether oxygens (including phenoxy) is 1. The second-order valence-electron chi connectivity index (χ2n) is 10.5. The Kier molecular flexibility index (Phi) is 27.0. The number of nitrogens with two attached hydrogens (primary N) is 1. The number of amides is 2. The average molecular weight is 929 g/mol. The van der Waals surface area contributed by atoms with Crippen molar-refractivity contribution in [3.05, 3.63) is 77.1 Å². The number of benzene rings is 1. The number of nitrogens with one attached hydrogen (secondary N) is 3. The zero-order chi connectivity index (χ0) is 47.9. The van der Waals surface area contributed by atoms with Crippen molar-refractivity contribution in [2.45, 2.75) is 13.5 Å². The number of fused-ring (bicyclic) bond motifs is 1. The Morgan fingerprint density at radius 1 is 0.909 bits per heavy atom. The SMILES string of the molecule is C#CC#CC#CC#CC#CC#CC#CC#CC#CC#CC#CC.N=N/N=N/N(OO)OOS.Nc1ncc(C(=O)NCCO)c2scc(COc3cncc(C(=O)Nc4ccccc4)c3)c12.[HH].[HH].[HH].[HH].[HH].[HH].[HH].[HH]. The third kappa shape index (κ3) is 21.7. The molecule has 0 saturated carbocycles. The second kappa shape index (κ2) is 34.0. The van der Waals surface area contributed by atoms with Crippen molar-refractivity contribution in [1.82, 2.24) is 20.6 Å². The van der Waals surface area contributed by atoms with Crippen LogP contribution in [0, 0.1) is 136 Å². The van der Waals surface area contributed by atoms with Crippen molar-refractivity contribution in [1.29, 1.82) is 5.53 Å². The Bertz CT molecular complexity index is 3130. The van der Waals surface area contributed by atoms with Gasteiger partial charge in [-0.1, -0.05) is 29.1 Å². The van der Waals surface area contributed by atoms with Gasteiger partial charge >= 0.3 is 0 Å². The minimum absolute atomic E-state index is 0. The number of rotatable bonds is 13. The lowest BCUT2D eigenvalue weighted by Crippen LogP contribution is -2.26. The molecule has 0 aliphatic carbocycles. The van der Waals surface area contributed by atoms with Crippen LogP contribution in [0.2, 0.25) is 0 Å². The molecule has 20 heteroatoms. The summed E-state index contributed by atoms with van der Waals surface area (Å²) in [5.41, 5.74) is 14.3. The summed E-state index contributed by atoms with van der Waals surface area (Å²) in [6.07, 6.45) is 9.31. The lowest BCUT2D eigenvalue weighted by Gasteiger charge is -2.09. The van der Waals surface area contributed by atoms with Crippen LogP contribution in [-0.2, 0) is 20.9 Å². The number of carbonyl (C=O) groups is 2. The molecule has 0 spiro atoms. The van der Waals surface area contributed by atoms with Crippen molar-refractivity contribution in [2.75, 3.05) is 24.2 Å². The molecule has 338 valence electrons. The Morgan fingerprint density at radius 3 is 2.03 bits per heavy atom. The highest BCUT2D eigenvalue weighted by Gasteiger charge is 2.18. The zero-order valence-electron chi connectivity index (χ0n) is 33.9. The third-order valence-electron chi connectivity index (χ3n) is 6.39. The van der Waals surface area contributed by atoms with E-state index in [0.29, 0.717) is 32.6 Å². The molecule has 4 rings (SSSR count). The number of hydrogen-bond acceptors (Lipinski definition) is 15. The molecule has 4 aromatic rings. The molecule has 0 bridgehead atoms. The van der Waals surface area contributed by atoms with E-state index in [1.54, 1.807) is 25.1 Å². The van der Waals surface area contributed by atoms with Crippen LogP contribution in [0.3, 0.4) is 0 Å². The Labute approximate surface area is 400 Å². The Hall–Kier alpha value is -9.67. The number of terminal acetylenes is 1. The van der Waals surface area contributed by atoms with Gasteiger partial charge in [0.15, 0.2) is 0 Å². The number of carbonyl (C=O) groups excluding carboxylic acids is 2. The molecule has 0 radical (unpaired) electrons. The van der Waals surface area contributed by atoms with E-state index in [1.807, 2.05) is 23.6 Å². The van der Waals surface area contributed by atoms with Crippen LogP contribution in [0.4, 0.5) is 11.5 Å². The molecule has 0 fully saturated rings. The van der Waals surface area contributed by atoms with Crippen LogP contribution in [0.1, 0.15) is 44.6 Å². The summed E-state index contributed by atoms with van der Waals surface area (Å²) >= 11 is 4.46. The first-order valence-electron chi connectivity index (χ1n) is 17.6. The zero-order valence-corrected chi connectivity index (χ0v) is 35.6. The first-order chi connectivity index (χ1) is 32.3. The maximum atomic E-state index is 12.5. The second-order valence-corrected chi connectivity index (χ2v) is 11.6. The van der Waals surface area contributed by atoms with Gasteiger partial charge in [0.05, 0.1) is 34.0 Å². The van der Waals surface area contributed by atoms with Crippen molar-refractivity contribution >= 4 is 57.7 Å². The summed E-state index contributed by atoms with van der Waals surface area (Å²) in [7, 11) is 0. The number of pyridine rings is 2. The van der Waals surface area contributed by atoms with Crippen molar-refractivity contribution in [2.24, 2.45) is 15.7 Å². The summed E-state index contributed by atoms with van der Waals surface area (Å²) in [5.74, 6) is 52.0. The van der Waals surface area contributed by atoms with E-state index in [9.17, 15) is 9.59 Å². The summed E-state index contributed by atoms with van der Waals surface area (Å²) in [6.45, 7) is 1.84. The topological polar surface area (TPSA) is 252 Å². The maximum Gasteiger partial charge on any atom is 0.257 e. The first kappa shape index (κ1) is 52.5. The molecule has 1 aromatic carbocycles. The number of aliphatic hydroxyl groups excluding tert-OH is 1. The van der Waals surface area contributed by atoms with Crippen LogP contribution in [0.5, 0.6) is 5.75 Å². The van der Waals surface area contributed by atoms with E-state index in [0.717, 1.165) is 5.56 Å². The normalized spacial score (nSPS) is 8.23. The van der Waals surface area contributed by atoms with E-state index in [1.165, 1.54) is 29.9 Å². The molecule has 0 unspecified atom stereocenters. The highest BCUT2D eigenvalue weighted by Crippen LogP contribution is 2.33. The Morgan fingerprint density at radius 2 is 1.50 bits per heavy atom. The van der Waals surface area contributed by atoms with Crippen LogP contribution in [0.15, 0.2) is 76.0 Å². The van der Waals surface area contributed by atoms with Gasteiger partial charge in [0.2, 0.25) is 0 Å². The fraction of sp³-hybridized carbons (Fsp3) is 0.0870. The summed E-state index contributed by atoms with van der Waals surface area (Å²) in [4.78, 5) is 40.3. The van der Waals surface area contributed by atoms with Crippen LogP contribution >= 0.6 is 24.2 Å². The molecule has 3 aromatic heterocycles. The van der Waals surface area contributed by atoms with Crippen LogP contribution in [-0.4, -0.2) is 50.6 Å². The van der Waals surface area contributed by atoms with Gasteiger partial charge < -0.3 is 26.2 Å². The third-order valence-corrected chi connectivity index (χ3v) is 7.52. The molecule has 18 nitrogen and oxygen atoms in total. The predicted octanol–water partition coefficient (Wildman–Crippen LogP) is 6.18. The van der Waals surface area contributed by atoms with Gasteiger partial charge in [-0.3, -0.25) is 14.6 Å². The van der Waals surface area contributed by atoms with Crippen LogP contribution < -0.4 is 21.1 Å².